The van der Waals surface area contributed by atoms with Crippen LogP contribution in [0.3, 0.4) is 0 Å². The fourth-order valence-corrected chi connectivity index (χ4v) is 1.48. The van der Waals surface area contributed by atoms with Crippen LogP contribution in [0.25, 0.3) is 11.5 Å². The Morgan fingerprint density at radius 2 is 2.25 bits per heavy atom. The standard InChI is InChI=1S/C10H8ClN3O2/c1-16-7-8(11)13-9(14-10(7)15)6-4-2-3-5-12-6/h2-5H,1H3,(H,13,14,15). The van der Waals surface area contributed by atoms with Crippen LogP contribution in [0.1, 0.15) is 0 Å². The summed E-state index contributed by atoms with van der Waals surface area (Å²) in [6.45, 7) is 0. The van der Waals surface area contributed by atoms with Crippen molar-refractivity contribution < 1.29 is 4.74 Å². The highest BCUT2D eigenvalue weighted by Gasteiger charge is 2.11. The van der Waals surface area contributed by atoms with Gasteiger partial charge < -0.3 is 9.72 Å². The van der Waals surface area contributed by atoms with Crippen LogP contribution >= 0.6 is 11.6 Å². The summed E-state index contributed by atoms with van der Waals surface area (Å²) in [6.07, 6.45) is 1.60. The van der Waals surface area contributed by atoms with Crippen molar-refractivity contribution >= 4 is 11.6 Å². The van der Waals surface area contributed by atoms with E-state index in [1.54, 1.807) is 24.4 Å². The van der Waals surface area contributed by atoms with Crippen LogP contribution in [-0.4, -0.2) is 22.1 Å². The first-order chi connectivity index (χ1) is 7.72. The number of nitrogens with zero attached hydrogens (tertiary/aromatic N) is 2. The van der Waals surface area contributed by atoms with E-state index in [4.69, 9.17) is 16.3 Å². The van der Waals surface area contributed by atoms with Gasteiger partial charge in [-0.15, -0.1) is 0 Å². The summed E-state index contributed by atoms with van der Waals surface area (Å²) in [5.41, 5.74) is 0.118. The topological polar surface area (TPSA) is 67.9 Å². The third kappa shape index (κ3) is 1.90. The predicted molar refractivity (Wildman–Crippen MR) is 59.7 cm³/mol. The van der Waals surface area contributed by atoms with Crippen molar-refractivity contribution in [3.05, 3.63) is 39.9 Å². The number of nitrogens with one attached hydrogen (secondary N) is 1. The Hall–Kier alpha value is -1.88. The number of methoxy groups -OCH3 is 1. The molecule has 82 valence electrons. The van der Waals surface area contributed by atoms with Gasteiger partial charge in [0.1, 0.15) is 5.69 Å². The quantitative estimate of drug-likeness (QED) is 0.804. The van der Waals surface area contributed by atoms with E-state index in [1.807, 2.05) is 0 Å². The number of rotatable bonds is 2. The Morgan fingerprint density at radius 1 is 1.44 bits per heavy atom. The van der Waals surface area contributed by atoms with Crippen LogP contribution in [-0.2, 0) is 0 Å². The molecular formula is C10H8ClN3O2. The minimum Gasteiger partial charge on any atom is -0.489 e. The zero-order valence-electron chi connectivity index (χ0n) is 8.40. The Morgan fingerprint density at radius 3 is 2.81 bits per heavy atom. The van der Waals surface area contributed by atoms with E-state index in [9.17, 15) is 4.79 Å². The van der Waals surface area contributed by atoms with Crippen molar-refractivity contribution in [2.45, 2.75) is 0 Å². The number of H-pyrrole nitrogens is 1. The molecule has 2 aromatic heterocycles. The average Bonchev–Trinajstić information content (AvgIpc) is 2.30. The Bertz CT molecular complexity index is 554. The number of aromatic amines is 1. The van der Waals surface area contributed by atoms with Crippen LogP contribution in [0.15, 0.2) is 29.2 Å². The fourth-order valence-electron chi connectivity index (χ4n) is 1.24. The second-order valence-electron chi connectivity index (χ2n) is 2.95. The van der Waals surface area contributed by atoms with Gasteiger partial charge in [0.25, 0.3) is 5.56 Å². The van der Waals surface area contributed by atoms with Crippen molar-refractivity contribution in [1.82, 2.24) is 15.0 Å². The van der Waals surface area contributed by atoms with Gasteiger partial charge in [0.05, 0.1) is 7.11 Å². The third-order valence-corrected chi connectivity index (χ3v) is 2.20. The summed E-state index contributed by atoms with van der Waals surface area (Å²) < 4.78 is 4.81. The van der Waals surface area contributed by atoms with E-state index in [-0.39, 0.29) is 10.9 Å². The van der Waals surface area contributed by atoms with E-state index >= 15 is 0 Å². The lowest BCUT2D eigenvalue weighted by atomic mass is 10.3. The Labute approximate surface area is 96.1 Å². The smallest absolute Gasteiger partial charge is 0.295 e. The molecule has 0 unspecified atom stereocenters. The molecule has 0 aliphatic heterocycles. The molecule has 0 bridgehead atoms. The molecule has 0 amide bonds. The summed E-state index contributed by atoms with van der Waals surface area (Å²) in [5, 5.41) is 0.0203. The van der Waals surface area contributed by atoms with Gasteiger partial charge in [-0.05, 0) is 12.1 Å². The summed E-state index contributed by atoms with van der Waals surface area (Å²) in [6, 6.07) is 5.29. The first-order valence-electron chi connectivity index (χ1n) is 4.47. The molecule has 1 N–H and O–H groups in total. The second-order valence-corrected chi connectivity index (χ2v) is 3.31. The van der Waals surface area contributed by atoms with E-state index in [0.717, 1.165) is 0 Å². The largest absolute Gasteiger partial charge is 0.489 e. The molecule has 6 heteroatoms. The molecule has 0 radical (unpaired) electrons. The van der Waals surface area contributed by atoms with Crippen LogP contribution in [0.5, 0.6) is 5.75 Å². The van der Waals surface area contributed by atoms with E-state index < -0.39 is 5.56 Å². The first kappa shape index (κ1) is 10.6. The Kier molecular flexibility index (Phi) is 2.87. The molecule has 0 aromatic carbocycles. The summed E-state index contributed by atoms with van der Waals surface area (Å²) in [7, 11) is 1.36. The number of halogens is 1. The summed E-state index contributed by atoms with van der Waals surface area (Å²) in [4.78, 5) is 22.1. The molecule has 2 aromatic rings. The lowest BCUT2D eigenvalue weighted by Crippen LogP contribution is -2.12. The fraction of sp³-hybridized carbons (Fsp3) is 0.100. The summed E-state index contributed by atoms with van der Waals surface area (Å²) in [5.74, 6) is 0.317. The van der Waals surface area contributed by atoms with Gasteiger partial charge in [-0.3, -0.25) is 9.78 Å². The van der Waals surface area contributed by atoms with Crippen molar-refractivity contribution in [3.63, 3.8) is 0 Å². The number of ether oxygens (including phenoxy) is 1. The van der Waals surface area contributed by atoms with Gasteiger partial charge in [0, 0.05) is 6.20 Å². The van der Waals surface area contributed by atoms with Gasteiger partial charge in [0.15, 0.2) is 11.0 Å². The highest BCUT2D eigenvalue weighted by atomic mass is 35.5. The molecule has 0 fully saturated rings. The summed E-state index contributed by atoms with van der Waals surface area (Å²) >= 11 is 5.80. The van der Waals surface area contributed by atoms with Gasteiger partial charge in [-0.2, -0.15) is 0 Å². The number of hydrogen-bond acceptors (Lipinski definition) is 4. The van der Waals surface area contributed by atoms with E-state index in [2.05, 4.69) is 15.0 Å². The molecule has 0 spiro atoms. The predicted octanol–water partition coefficient (Wildman–Crippen LogP) is 1.49. The number of pyridine rings is 1. The zero-order chi connectivity index (χ0) is 11.5. The highest BCUT2D eigenvalue weighted by molar-refractivity contribution is 6.30. The normalized spacial score (nSPS) is 10.1. The molecule has 0 saturated heterocycles. The minimum absolute atomic E-state index is 0.00125. The molecule has 0 aliphatic carbocycles. The van der Waals surface area contributed by atoms with Crippen molar-refractivity contribution in [2.24, 2.45) is 0 Å². The minimum atomic E-state index is -0.428. The number of aromatic nitrogens is 3. The van der Waals surface area contributed by atoms with Gasteiger partial charge in [0.2, 0.25) is 5.75 Å². The molecular weight excluding hydrogens is 230 g/mol. The van der Waals surface area contributed by atoms with Crippen molar-refractivity contribution in [1.29, 1.82) is 0 Å². The third-order valence-electron chi connectivity index (χ3n) is 1.95. The van der Waals surface area contributed by atoms with E-state index in [0.29, 0.717) is 11.5 Å². The SMILES string of the molecule is COc1c(Cl)nc(-c2ccccn2)[nH]c1=O. The van der Waals surface area contributed by atoms with Crippen LogP contribution in [0, 0.1) is 0 Å². The lowest BCUT2D eigenvalue weighted by Gasteiger charge is -2.03. The molecule has 0 atom stereocenters. The highest BCUT2D eigenvalue weighted by Crippen LogP contribution is 2.19. The Balaban J connectivity index is 2.57. The zero-order valence-corrected chi connectivity index (χ0v) is 9.15. The van der Waals surface area contributed by atoms with E-state index in [1.165, 1.54) is 7.11 Å². The van der Waals surface area contributed by atoms with Crippen LogP contribution in [0.4, 0.5) is 0 Å². The van der Waals surface area contributed by atoms with Crippen LogP contribution < -0.4 is 10.3 Å². The molecule has 5 nitrogen and oxygen atoms in total. The van der Waals surface area contributed by atoms with Crippen molar-refractivity contribution in [3.8, 4) is 17.3 Å². The first-order valence-corrected chi connectivity index (χ1v) is 4.85. The monoisotopic (exact) mass is 237 g/mol. The molecule has 0 saturated carbocycles. The second kappa shape index (κ2) is 4.32. The average molecular weight is 238 g/mol. The molecule has 16 heavy (non-hydrogen) atoms. The van der Waals surface area contributed by atoms with Crippen molar-refractivity contribution in [2.75, 3.05) is 7.11 Å². The van der Waals surface area contributed by atoms with Gasteiger partial charge in [-0.1, -0.05) is 17.7 Å². The lowest BCUT2D eigenvalue weighted by molar-refractivity contribution is 0.406. The number of hydrogen-bond donors (Lipinski definition) is 1. The van der Waals surface area contributed by atoms with Crippen LogP contribution in [0.2, 0.25) is 5.15 Å². The van der Waals surface area contributed by atoms with Gasteiger partial charge in [-0.25, -0.2) is 4.98 Å². The van der Waals surface area contributed by atoms with Gasteiger partial charge >= 0.3 is 0 Å². The maximum Gasteiger partial charge on any atom is 0.295 e. The maximum absolute atomic E-state index is 11.5. The maximum atomic E-state index is 11.5. The molecule has 0 aliphatic rings. The molecule has 2 heterocycles. The molecule has 2 rings (SSSR count).